The Bertz CT molecular complexity index is 163. The van der Waals surface area contributed by atoms with E-state index in [1.807, 2.05) is 0 Å². The van der Waals surface area contributed by atoms with Crippen LogP contribution in [-0.4, -0.2) is 35.5 Å². The maximum absolute atomic E-state index is 5.03. The molecule has 0 fully saturated rings. The Labute approximate surface area is 58.4 Å². The second-order valence-electron chi connectivity index (χ2n) is 1.63. The smallest absolute Gasteiger partial charge is 0.312 e. The van der Waals surface area contributed by atoms with Gasteiger partial charge in [0.1, 0.15) is 12.9 Å². The van der Waals surface area contributed by atoms with E-state index in [4.69, 9.17) is 9.47 Å². The maximum atomic E-state index is 5.03. The van der Waals surface area contributed by atoms with Crippen LogP contribution in [0.25, 0.3) is 0 Å². The average Bonchev–Trinajstić information content (AvgIpc) is 2.41. The second kappa shape index (κ2) is 3.84. The van der Waals surface area contributed by atoms with Crippen LogP contribution in [0.5, 0.6) is 6.01 Å². The van der Waals surface area contributed by atoms with Crippen molar-refractivity contribution in [3.63, 3.8) is 0 Å². The number of hydrogen-bond donors (Lipinski definition) is 1. The monoisotopic (exact) mass is 143 g/mol. The van der Waals surface area contributed by atoms with E-state index in [-0.39, 0.29) is 0 Å². The zero-order chi connectivity index (χ0) is 7.23. The molecular weight excluding hydrogens is 134 g/mol. The molecule has 0 unspecified atom stereocenters. The summed E-state index contributed by atoms with van der Waals surface area (Å²) < 4.78 is 9.79. The van der Waals surface area contributed by atoms with Gasteiger partial charge in [-0.3, -0.25) is 0 Å². The predicted octanol–water partition coefficient (Wildman–Crippen LogP) is -0.170. The lowest BCUT2D eigenvalue weighted by molar-refractivity contribution is 0.141. The van der Waals surface area contributed by atoms with Gasteiger partial charge in [0.2, 0.25) is 0 Å². The minimum atomic E-state index is 0.428. The molecule has 0 amide bonds. The number of rotatable bonds is 4. The van der Waals surface area contributed by atoms with Crippen molar-refractivity contribution in [1.82, 2.24) is 15.2 Å². The first-order valence-electron chi connectivity index (χ1n) is 2.90. The number of H-pyrrole nitrogens is 1. The van der Waals surface area contributed by atoms with E-state index in [9.17, 15) is 0 Å². The summed E-state index contributed by atoms with van der Waals surface area (Å²) in [7, 11) is 1.61. The van der Waals surface area contributed by atoms with E-state index in [2.05, 4.69) is 15.2 Å². The van der Waals surface area contributed by atoms with Gasteiger partial charge < -0.3 is 9.47 Å². The lowest BCUT2D eigenvalue weighted by Gasteiger charge is -1.98. The Balaban J connectivity index is 2.15. The number of nitrogens with one attached hydrogen (secondary N) is 1. The highest BCUT2D eigenvalue weighted by molar-refractivity contribution is 4.84. The van der Waals surface area contributed by atoms with Gasteiger partial charge in [-0.2, -0.15) is 10.1 Å². The van der Waals surface area contributed by atoms with Crippen molar-refractivity contribution in [3.05, 3.63) is 6.33 Å². The summed E-state index contributed by atoms with van der Waals surface area (Å²) in [5.74, 6) is 0. The topological polar surface area (TPSA) is 60.0 Å². The van der Waals surface area contributed by atoms with Crippen LogP contribution < -0.4 is 4.74 Å². The molecule has 0 aliphatic heterocycles. The molecule has 0 atom stereocenters. The highest BCUT2D eigenvalue weighted by Crippen LogP contribution is 1.94. The van der Waals surface area contributed by atoms with Crippen LogP contribution in [0.15, 0.2) is 6.33 Å². The molecule has 0 saturated carbocycles. The summed E-state index contributed by atoms with van der Waals surface area (Å²) in [6.45, 7) is 1.05. The Morgan fingerprint density at radius 2 is 2.50 bits per heavy atom. The minimum Gasteiger partial charge on any atom is -0.461 e. The number of hydrogen-bond acceptors (Lipinski definition) is 4. The molecule has 0 radical (unpaired) electrons. The first-order valence-corrected chi connectivity index (χ1v) is 2.90. The molecule has 5 nitrogen and oxygen atoms in total. The van der Waals surface area contributed by atoms with Crippen molar-refractivity contribution in [2.24, 2.45) is 0 Å². The van der Waals surface area contributed by atoms with Gasteiger partial charge >= 0.3 is 6.01 Å². The molecule has 0 saturated heterocycles. The summed E-state index contributed by atoms with van der Waals surface area (Å²) in [6.07, 6.45) is 1.39. The normalized spacial score (nSPS) is 9.70. The zero-order valence-corrected chi connectivity index (χ0v) is 5.70. The van der Waals surface area contributed by atoms with Crippen molar-refractivity contribution >= 4 is 0 Å². The minimum absolute atomic E-state index is 0.428. The highest BCUT2D eigenvalue weighted by atomic mass is 16.5. The SMILES string of the molecule is COCCOc1ncn[nH]1. The van der Waals surface area contributed by atoms with Crippen molar-refractivity contribution in [2.75, 3.05) is 20.3 Å². The summed E-state index contributed by atoms with van der Waals surface area (Å²) in [5, 5.41) is 6.16. The van der Waals surface area contributed by atoms with Crippen LogP contribution >= 0.6 is 0 Å². The molecule has 1 N–H and O–H groups in total. The third-order valence-corrected chi connectivity index (χ3v) is 0.919. The number of ether oxygens (including phenoxy) is 2. The van der Waals surface area contributed by atoms with Crippen molar-refractivity contribution in [3.8, 4) is 6.01 Å². The Hall–Kier alpha value is -1.10. The first kappa shape index (κ1) is 7.01. The van der Waals surface area contributed by atoms with Gasteiger partial charge in [0.05, 0.1) is 6.61 Å². The highest BCUT2D eigenvalue weighted by Gasteiger charge is 1.92. The van der Waals surface area contributed by atoms with Gasteiger partial charge in [0, 0.05) is 7.11 Å². The van der Waals surface area contributed by atoms with Crippen LogP contribution in [0.1, 0.15) is 0 Å². The van der Waals surface area contributed by atoms with E-state index >= 15 is 0 Å². The van der Waals surface area contributed by atoms with Gasteiger partial charge in [-0.25, -0.2) is 5.10 Å². The summed E-state index contributed by atoms with van der Waals surface area (Å²) in [5.41, 5.74) is 0. The molecule has 1 rings (SSSR count). The lowest BCUT2D eigenvalue weighted by Crippen LogP contribution is -2.04. The fourth-order valence-electron chi connectivity index (χ4n) is 0.485. The molecule has 1 heterocycles. The van der Waals surface area contributed by atoms with Gasteiger partial charge in [-0.05, 0) is 0 Å². The fourth-order valence-corrected chi connectivity index (χ4v) is 0.485. The van der Waals surface area contributed by atoms with E-state index in [0.29, 0.717) is 19.2 Å². The Morgan fingerprint density at radius 3 is 3.10 bits per heavy atom. The van der Waals surface area contributed by atoms with Crippen molar-refractivity contribution in [2.45, 2.75) is 0 Å². The molecule has 56 valence electrons. The second-order valence-corrected chi connectivity index (χ2v) is 1.63. The van der Waals surface area contributed by atoms with Gasteiger partial charge in [-0.15, -0.1) is 0 Å². The fraction of sp³-hybridized carbons (Fsp3) is 0.600. The zero-order valence-electron chi connectivity index (χ0n) is 5.70. The number of nitrogens with zero attached hydrogens (tertiary/aromatic N) is 2. The Morgan fingerprint density at radius 1 is 1.60 bits per heavy atom. The van der Waals surface area contributed by atoms with Crippen molar-refractivity contribution in [1.29, 1.82) is 0 Å². The molecular formula is C5H9N3O2. The van der Waals surface area contributed by atoms with E-state index < -0.39 is 0 Å². The largest absolute Gasteiger partial charge is 0.461 e. The molecule has 0 aromatic carbocycles. The summed E-state index contributed by atoms with van der Waals surface area (Å²) in [6, 6.07) is 0.428. The average molecular weight is 143 g/mol. The van der Waals surface area contributed by atoms with Crippen LogP contribution in [-0.2, 0) is 4.74 Å². The van der Waals surface area contributed by atoms with E-state index in [1.54, 1.807) is 7.11 Å². The standard InChI is InChI=1S/C5H9N3O2/c1-9-2-3-10-5-6-4-7-8-5/h4H,2-3H2,1H3,(H,6,7,8). The number of methoxy groups -OCH3 is 1. The molecule has 1 aromatic heterocycles. The Kier molecular flexibility index (Phi) is 2.69. The molecule has 5 heteroatoms. The molecule has 0 bridgehead atoms. The molecule has 1 aromatic rings. The van der Waals surface area contributed by atoms with Crippen LogP contribution in [0, 0.1) is 0 Å². The van der Waals surface area contributed by atoms with Gasteiger partial charge in [-0.1, -0.05) is 0 Å². The number of aromatic nitrogens is 3. The lowest BCUT2D eigenvalue weighted by atomic mass is 10.8. The number of aromatic amines is 1. The first-order chi connectivity index (χ1) is 4.93. The quantitative estimate of drug-likeness (QED) is 0.594. The third-order valence-electron chi connectivity index (χ3n) is 0.919. The van der Waals surface area contributed by atoms with E-state index in [0.717, 1.165) is 0 Å². The maximum Gasteiger partial charge on any atom is 0.312 e. The van der Waals surface area contributed by atoms with Crippen LogP contribution in [0.2, 0.25) is 0 Å². The molecule has 10 heavy (non-hydrogen) atoms. The van der Waals surface area contributed by atoms with Gasteiger partial charge in [0.15, 0.2) is 0 Å². The van der Waals surface area contributed by atoms with Gasteiger partial charge in [0.25, 0.3) is 0 Å². The molecule has 0 spiro atoms. The predicted molar refractivity (Wildman–Crippen MR) is 33.8 cm³/mol. The van der Waals surface area contributed by atoms with Crippen molar-refractivity contribution < 1.29 is 9.47 Å². The summed E-state index contributed by atoms with van der Waals surface area (Å²) >= 11 is 0. The molecule has 0 aliphatic rings. The summed E-state index contributed by atoms with van der Waals surface area (Å²) in [4.78, 5) is 3.74. The van der Waals surface area contributed by atoms with E-state index in [1.165, 1.54) is 6.33 Å². The van der Waals surface area contributed by atoms with Crippen LogP contribution in [0.4, 0.5) is 0 Å². The third kappa shape index (κ3) is 2.02. The van der Waals surface area contributed by atoms with Crippen LogP contribution in [0.3, 0.4) is 0 Å². The molecule has 0 aliphatic carbocycles.